The van der Waals surface area contributed by atoms with Gasteiger partial charge in [-0.3, -0.25) is 4.98 Å². The molecule has 0 amide bonds. The number of nitrogens with one attached hydrogen (secondary N) is 2. The molecule has 0 atom stereocenters. The molecule has 0 saturated carbocycles. The molecule has 1 aromatic carbocycles. The fraction of sp³-hybridized carbons (Fsp3) is 0.222. The molecule has 138 valence electrons. The predicted molar refractivity (Wildman–Crippen MR) is 104 cm³/mol. The number of rotatable bonds is 6. The minimum absolute atomic E-state index is 0.240. The van der Waals surface area contributed by atoms with Crippen molar-refractivity contribution in [2.45, 2.75) is 0 Å². The lowest BCUT2D eigenvalue weighted by atomic mass is 10.1. The smallest absolute Gasteiger partial charge is 0.284 e. The summed E-state index contributed by atoms with van der Waals surface area (Å²) in [6.07, 6.45) is 5.18. The highest BCUT2D eigenvalue weighted by Gasteiger charge is 2.13. The molecule has 2 N–H and O–H groups in total. The third kappa shape index (κ3) is 3.74. The second-order valence-corrected chi connectivity index (χ2v) is 6.65. The van der Waals surface area contributed by atoms with E-state index in [1.165, 1.54) is 0 Å². The van der Waals surface area contributed by atoms with Crippen molar-refractivity contribution in [3.8, 4) is 28.6 Å². The zero-order valence-corrected chi connectivity index (χ0v) is 15.7. The van der Waals surface area contributed by atoms with Crippen molar-refractivity contribution in [3.63, 3.8) is 0 Å². The van der Waals surface area contributed by atoms with Crippen LogP contribution in [0.4, 0.5) is 0 Å². The Kier molecular flexibility index (Phi) is 4.69. The van der Waals surface area contributed by atoms with Crippen LogP contribution in [0.25, 0.3) is 33.6 Å². The van der Waals surface area contributed by atoms with E-state index in [-0.39, 0.29) is 4.84 Å². The van der Waals surface area contributed by atoms with Crippen LogP contribution in [0, 0.1) is 4.84 Å². The normalized spacial score (nSPS) is 11.4. The number of aromatic amines is 2. The van der Waals surface area contributed by atoms with Gasteiger partial charge in [-0.15, -0.1) is 5.10 Å². The standard InChI is InChI=1S/C18H18N6O2S/c1-24(2)5-6-25-16-10-19-9-15(21-16)11-3-4-14-12(7-11)13(8-20-14)17-22-23-18(27)26-17/h3-4,7-10,20H,5-6H2,1-2H3,(H,23,27). The minimum atomic E-state index is 0.240. The Morgan fingerprint density at radius 2 is 2.15 bits per heavy atom. The van der Waals surface area contributed by atoms with Crippen molar-refractivity contribution >= 4 is 23.1 Å². The maximum absolute atomic E-state index is 5.69. The molecule has 0 saturated heterocycles. The van der Waals surface area contributed by atoms with Crippen molar-refractivity contribution in [1.29, 1.82) is 0 Å². The minimum Gasteiger partial charge on any atom is -0.475 e. The summed E-state index contributed by atoms with van der Waals surface area (Å²) in [6, 6.07) is 5.98. The average molecular weight is 382 g/mol. The largest absolute Gasteiger partial charge is 0.475 e. The summed E-state index contributed by atoms with van der Waals surface area (Å²) in [4.78, 5) is 14.3. The van der Waals surface area contributed by atoms with Gasteiger partial charge >= 0.3 is 0 Å². The molecule has 4 aromatic rings. The molecule has 0 aliphatic carbocycles. The summed E-state index contributed by atoms with van der Waals surface area (Å²) in [5.74, 6) is 0.942. The Bertz CT molecular complexity index is 1130. The van der Waals surface area contributed by atoms with Gasteiger partial charge in [-0.25, -0.2) is 10.1 Å². The van der Waals surface area contributed by atoms with E-state index < -0.39 is 0 Å². The molecule has 0 radical (unpaired) electrons. The number of nitrogens with zero attached hydrogens (tertiary/aromatic N) is 4. The first-order valence-corrected chi connectivity index (χ1v) is 8.78. The van der Waals surface area contributed by atoms with E-state index in [0.29, 0.717) is 18.4 Å². The zero-order valence-electron chi connectivity index (χ0n) is 14.9. The molecule has 0 bridgehead atoms. The van der Waals surface area contributed by atoms with Crippen LogP contribution in [0.5, 0.6) is 5.88 Å². The highest BCUT2D eigenvalue weighted by Crippen LogP contribution is 2.31. The van der Waals surface area contributed by atoms with Crippen molar-refractivity contribution in [1.82, 2.24) is 30.0 Å². The van der Waals surface area contributed by atoms with Gasteiger partial charge in [-0.2, -0.15) is 0 Å². The number of hydrogen-bond acceptors (Lipinski definition) is 7. The molecule has 0 aliphatic rings. The van der Waals surface area contributed by atoms with Gasteiger partial charge in [0.2, 0.25) is 11.8 Å². The Morgan fingerprint density at radius 1 is 1.26 bits per heavy atom. The van der Waals surface area contributed by atoms with E-state index in [9.17, 15) is 0 Å². The van der Waals surface area contributed by atoms with Crippen LogP contribution in [0.15, 0.2) is 41.2 Å². The first kappa shape index (κ1) is 17.4. The average Bonchev–Trinajstić information content (AvgIpc) is 3.27. The summed E-state index contributed by atoms with van der Waals surface area (Å²) >= 11 is 4.97. The van der Waals surface area contributed by atoms with Gasteiger partial charge in [0.15, 0.2) is 0 Å². The molecular weight excluding hydrogens is 364 g/mol. The molecule has 3 heterocycles. The monoisotopic (exact) mass is 382 g/mol. The summed E-state index contributed by atoms with van der Waals surface area (Å²) in [6.45, 7) is 1.36. The number of likely N-dealkylation sites (N-methyl/N-ethyl adjacent to an activating group) is 1. The maximum Gasteiger partial charge on any atom is 0.284 e. The summed E-state index contributed by atoms with van der Waals surface area (Å²) in [5.41, 5.74) is 3.44. The molecule has 3 aromatic heterocycles. The van der Waals surface area contributed by atoms with Gasteiger partial charge in [0, 0.05) is 29.2 Å². The van der Waals surface area contributed by atoms with Crippen LogP contribution >= 0.6 is 12.2 Å². The van der Waals surface area contributed by atoms with Crippen molar-refractivity contribution in [3.05, 3.63) is 41.6 Å². The van der Waals surface area contributed by atoms with Gasteiger partial charge < -0.3 is 19.0 Å². The Morgan fingerprint density at radius 3 is 2.93 bits per heavy atom. The molecule has 0 aliphatic heterocycles. The van der Waals surface area contributed by atoms with Crippen LogP contribution in [0.1, 0.15) is 0 Å². The predicted octanol–water partition coefficient (Wildman–Crippen LogP) is 3.28. The number of hydrogen-bond donors (Lipinski definition) is 2. The number of H-pyrrole nitrogens is 2. The Hall–Kier alpha value is -3.04. The zero-order chi connectivity index (χ0) is 18.8. The lowest BCUT2D eigenvalue weighted by molar-refractivity contribution is 0.253. The molecule has 9 heteroatoms. The molecule has 0 spiro atoms. The van der Waals surface area contributed by atoms with E-state index in [1.807, 2.05) is 43.4 Å². The quantitative estimate of drug-likeness (QED) is 0.494. The van der Waals surface area contributed by atoms with E-state index >= 15 is 0 Å². The molecule has 0 unspecified atom stereocenters. The number of ether oxygens (including phenoxy) is 1. The topological polar surface area (TPSA) is 95.9 Å². The van der Waals surface area contributed by atoms with E-state index in [2.05, 4.69) is 25.1 Å². The van der Waals surface area contributed by atoms with Gasteiger partial charge in [0.05, 0.1) is 23.7 Å². The SMILES string of the molecule is CN(C)CCOc1cncc(-c2ccc3[nH]cc(-c4n[nH]c(=S)o4)c3c2)n1. The number of aromatic nitrogens is 5. The Balaban J connectivity index is 1.67. The highest BCUT2D eigenvalue weighted by atomic mass is 32.1. The van der Waals surface area contributed by atoms with Crippen LogP contribution < -0.4 is 4.74 Å². The third-order valence-corrected chi connectivity index (χ3v) is 4.22. The first-order valence-electron chi connectivity index (χ1n) is 8.37. The molecule has 8 nitrogen and oxygen atoms in total. The maximum atomic E-state index is 5.69. The summed E-state index contributed by atoms with van der Waals surface area (Å²) < 4.78 is 11.1. The molecule has 0 fully saturated rings. The van der Waals surface area contributed by atoms with E-state index in [1.54, 1.807) is 12.4 Å². The molecule has 27 heavy (non-hydrogen) atoms. The van der Waals surface area contributed by atoms with Crippen LogP contribution in [0.2, 0.25) is 0 Å². The van der Waals surface area contributed by atoms with E-state index in [4.69, 9.17) is 21.4 Å². The summed E-state index contributed by atoms with van der Waals surface area (Å²) in [7, 11) is 3.99. The molecular formula is C18H18N6O2S. The first-order chi connectivity index (χ1) is 13.1. The third-order valence-electron chi connectivity index (χ3n) is 4.05. The number of fused-ring (bicyclic) bond motifs is 1. The van der Waals surface area contributed by atoms with Crippen LogP contribution in [0.3, 0.4) is 0 Å². The number of benzene rings is 1. The van der Waals surface area contributed by atoms with Gasteiger partial charge in [0.25, 0.3) is 4.84 Å². The van der Waals surface area contributed by atoms with Crippen molar-refractivity contribution in [2.75, 3.05) is 27.2 Å². The lowest BCUT2D eigenvalue weighted by Crippen LogP contribution is -2.19. The van der Waals surface area contributed by atoms with Gasteiger partial charge in [-0.1, -0.05) is 6.07 Å². The fourth-order valence-corrected chi connectivity index (χ4v) is 2.82. The lowest BCUT2D eigenvalue weighted by Gasteiger charge is -2.10. The highest BCUT2D eigenvalue weighted by molar-refractivity contribution is 7.71. The van der Waals surface area contributed by atoms with Crippen LogP contribution in [-0.2, 0) is 0 Å². The van der Waals surface area contributed by atoms with E-state index in [0.717, 1.165) is 34.3 Å². The van der Waals surface area contributed by atoms with Crippen molar-refractivity contribution in [2.24, 2.45) is 0 Å². The molecule has 4 rings (SSSR count). The van der Waals surface area contributed by atoms with Crippen LogP contribution in [-0.4, -0.2) is 57.3 Å². The summed E-state index contributed by atoms with van der Waals surface area (Å²) in [5, 5.41) is 7.71. The Labute approximate surface area is 160 Å². The van der Waals surface area contributed by atoms with Crippen molar-refractivity contribution < 1.29 is 9.15 Å². The van der Waals surface area contributed by atoms with Gasteiger partial charge in [0.1, 0.15) is 6.61 Å². The second-order valence-electron chi connectivity index (χ2n) is 6.28. The fourth-order valence-electron chi connectivity index (χ4n) is 2.69. The van der Waals surface area contributed by atoms with Gasteiger partial charge in [-0.05, 0) is 38.4 Å². The second kappa shape index (κ2) is 7.29.